The maximum absolute atomic E-state index is 14.4. The third-order valence-electron chi connectivity index (χ3n) is 23.3. The van der Waals surface area contributed by atoms with Crippen molar-refractivity contribution < 1.29 is 63.8 Å². The summed E-state index contributed by atoms with van der Waals surface area (Å²) in [6.45, 7) is 24.7. The molecule has 5 aliphatic rings. The van der Waals surface area contributed by atoms with E-state index in [0.29, 0.717) is 81.2 Å². The molecule has 0 bridgehead atoms. The number of amides is 5. The molecule has 1 aliphatic carbocycles. The molecule has 6 aromatic carbocycles. The molecule has 1 unspecified atom stereocenters. The van der Waals surface area contributed by atoms with Gasteiger partial charge in [-0.1, -0.05) is 99.5 Å². The van der Waals surface area contributed by atoms with Crippen molar-refractivity contribution in [1.82, 2.24) is 50.2 Å². The van der Waals surface area contributed by atoms with Crippen LogP contribution in [0.2, 0.25) is 5.02 Å². The molecule has 0 spiro atoms. The zero-order chi connectivity index (χ0) is 85.7. The first-order chi connectivity index (χ1) is 57.1. The van der Waals surface area contributed by atoms with Crippen molar-refractivity contribution in [2.75, 3.05) is 152 Å². The number of thioether (sulfide) groups is 1. The van der Waals surface area contributed by atoms with Gasteiger partial charge < -0.3 is 50.7 Å². The van der Waals surface area contributed by atoms with Crippen LogP contribution in [0.25, 0.3) is 16.0 Å². The normalized spacial score (nSPS) is 19.6. The molecular formula is C88H111ClF3N13O11S4. The average molecular weight is 1750 g/mol. The van der Waals surface area contributed by atoms with Crippen molar-refractivity contribution >= 4 is 107 Å². The molecule has 5 heterocycles. The van der Waals surface area contributed by atoms with E-state index < -0.39 is 82.3 Å². The first-order valence-electron chi connectivity index (χ1n) is 41.1. The molecular weight excluding hydrogens is 1640 g/mol. The van der Waals surface area contributed by atoms with E-state index >= 15 is 0 Å². The summed E-state index contributed by atoms with van der Waals surface area (Å²) in [4.78, 5) is 88.4. The Morgan fingerprint density at radius 2 is 1.38 bits per heavy atom. The summed E-state index contributed by atoms with van der Waals surface area (Å²) in [5.74, 6) is -2.17. The molecule has 120 heavy (non-hydrogen) atoms. The molecule has 0 radical (unpaired) electrons. The smallest absolute Gasteiger partial charge is 0.391 e. The molecule has 4 fully saturated rings. The Morgan fingerprint density at radius 1 is 0.758 bits per heavy atom. The molecule has 12 rings (SSSR count). The summed E-state index contributed by atoms with van der Waals surface area (Å²) in [5, 5.41) is 23.4. The van der Waals surface area contributed by atoms with Crippen molar-refractivity contribution in [2.45, 2.75) is 137 Å². The number of alkyl halides is 3. The van der Waals surface area contributed by atoms with Gasteiger partial charge in [-0.25, -0.2) is 26.5 Å². The zero-order valence-electron chi connectivity index (χ0n) is 69.2. The van der Waals surface area contributed by atoms with E-state index in [0.717, 1.165) is 135 Å². The number of carbonyl (C=O) groups excluding carboxylic acids is 5. The molecule has 4 saturated heterocycles. The lowest BCUT2D eigenvalue weighted by molar-refractivity contribution is -0.144. The van der Waals surface area contributed by atoms with Crippen LogP contribution in [0.4, 0.5) is 30.2 Å². The lowest BCUT2D eigenvalue weighted by Gasteiger charge is -2.42. The number of allylic oxidation sites excluding steroid dienone is 1. The van der Waals surface area contributed by atoms with Gasteiger partial charge in [-0.3, -0.25) is 38.7 Å². The van der Waals surface area contributed by atoms with Crippen LogP contribution in [0.5, 0.6) is 0 Å². The largest absolute Gasteiger partial charge is 0.501 e. The van der Waals surface area contributed by atoms with Gasteiger partial charge >= 0.3 is 5.51 Å². The molecule has 6 atom stereocenters. The van der Waals surface area contributed by atoms with Crippen molar-refractivity contribution in [3.63, 3.8) is 0 Å². The average Bonchev–Trinajstić information content (AvgIpc) is 0.890. The Bertz CT molecular complexity index is 4950. The minimum atomic E-state index is -6.11. The Hall–Kier alpha value is -8.47. The van der Waals surface area contributed by atoms with Crippen molar-refractivity contribution in [2.24, 2.45) is 10.8 Å². The highest BCUT2D eigenvalue weighted by Gasteiger charge is 2.49. The van der Waals surface area contributed by atoms with E-state index in [9.17, 15) is 59.1 Å². The number of anilines is 3. The minimum Gasteiger partial charge on any atom is -0.391 e. The second kappa shape index (κ2) is 40.2. The highest BCUT2D eigenvalue weighted by molar-refractivity contribution is 7.99. The number of thiazole rings is 1. The summed E-state index contributed by atoms with van der Waals surface area (Å²) in [6.07, 6.45) is 2.81. The van der Waals surface area contributed by atoms with Crippen LogP contribution >= 0.6 is 34.7 Å². The Balaban J connectivity index is 0.573. The quantitative estimate of drug-likeness (QED) is 0.0165. The predicted molar refractivity (Wildman–Crippen MR) is 467 cm³/mol. The minimum absolute atomic E-state index is 0.00781. The van der Waals surface area contributed by atoms with E-state index in [2.05, 4.69) is 81.8 Å². The number of β-amino-alcohol motifs (C(OH)–C–C–N with tert-alkyl or cyclic N) is 1. The number of nitrogens with zero attached hydrogens (tertiary/aromatic N) is 8. The van der Waals surface area contributed by atoms with Gasteiger partial charge in [0.05, 0.1) is 52.0 Å². The number of hydrogen-bond donors (Lipinski definition) is 6. The van der Waals surface area contributed by atoms with Gasteiger partial charge in [-0.05, 0) is 177 Å². The molecule has 24 nitrogen and oxygen atoms in total. The second-order valence-corrected chi connectivity index (χ2v) is 39.5. The summed E-state index contributed by atoms with van der Waals surface area (Å²) in [7, 11) is -8.81. The number of nitrogens with one attached hydrogen (secondary N) is 5. The summed E-state index contributed by atoms with van der Waals surface area (Å²) in [5.41, 5.74) is 3.98. The number of aromatic nitrogens is 1. The molecule has 1 aromatic heterocycles. The highest BCUT2D eigenvalue weighted by Crippen LogP contribution is 2.45. The SMILES string of the molecule is Cc1ncsc1-c1ccc([C@H](C)NC(=O)[C@@H]2C[C@@H](O)CN2C(=O)[C@@H](NC(=O)CCCNC(=O)c2ccc(N3CCN(CCN(C)CC4(C)CCC(c5ccc(Cl)cc5)=C(CN5CCN(c6ccc(C(=O)NS(=O)(=O)c7ccc(N[C@H](CCN8CCOCC8)CSc8ccccc8)c(S(=O)(=O)C(F)(F)F)c7)cc6)CC5)C4)CC3)cc2)C(C)(C)C)cc1. The summed E-state index contributed by atoms with van der Waals surface area (Å²) in [6, 6.07) is 38.9. The van der Waals surface area contributed by atoms with E-state index in [1.807, 2.05) is 136 Å². The fraction of sp³-hybridized carbons (Fsp3) is 0.477. The number of piperazine rings is 2. The van der Waals surface area contributed by atoms with Crippen LogP contribution in [-0.2, 0) is 39.0 Å². The maximum Gasteiger partial charge on any atom is 0.501 e. The van der Waals surface area contributed by atoms with Gasteiger partial charge in [0.25, 0.3) is 31.7 Å². The first-order valence-corrected chi connectivity index (χ1v) is 46.3. The van der Waals surface area contributed by atoms with Crippen LogP contribution < -0.4 is 35.8 Å². The molecule has 5 amide bonds. The fourth-order valence-corrected chi connectivity index (χ4v) is 20.4. The standard InChI is InChI=1S/C88H111ClF3N13O11S4/c1-60(62-15-17-64(18-16-62)80-61(2)94-59-118-80)95-84(110)77-52-72(106)56-105(77)85(111)81(86(3,4)5)97-79(107)14-11-36-93-82(108)65-21-27-70(28-22-65)103-44-40-101(41-45-103)39-38-99(7)58-87(6)35-33-75(63-19-25-68(89)26-20-63)67(54-87)55-102-42-46-104(47-43-102)71-29-23-66(24-30-71)83(109)98-120(114,115)74-31-32-76(78(53-74)119(112,113)88(90,91)92)96-69(34-37-100-48-50-116-51-49-100)57-117-73-12-9-8-10-13-73/h8-10,12-13,15-32,53,59-60,69,72,77,81,96,106H,11,14,33-52,54-58H2,1-7H3,(H,93,108)(H,95,110)(H,97,107)(H,98,109)/t60-,69+,72+,77-,81+,87?/m0/s1. The van der Waals surface area contributed by atoms with Crippen molar-refractivity contribution in [3.8, 4) is 10.4 Å². The van der Waals surface area contributed by atoms with Crippen LogP contribution in [-0.4, -0.2) is 248 Å². The third kappa shape index (κ3) is 23.9. The highest BCUT2D eigenvalue weighted by atomic mass is 35.5. The number of hydrogen-bond acceptors (Lipinski definition) is 21. The Morgan fingerprint density at radius 3 is 1.99 bits per heavy atom. The molecule has 7 aromatic rings. The van der Waals surface area contributed by atoms with E-state index in [1.54, 1.807) is 23.5 Å². The number of aliphatic hydroxyl groups excluding tert-OH is 1. The number of likely N-dealkylation sites (N-methyl/N-ethyl adjacent to an activating group) is 1. The topological polar surface area (TPSA) is 279 Å². The monoisotopic (exact) mass is 1750 g/mol. The van der Waals surface area contributed by atoms with Crippen LogP contribution in [0.3, 0.4) is 0 Å². The Labute approximate surface area is 716 Å². The van der Waals surface area contributed by atoms with Gasteiger partial charge in [0.2, 0.25) is 17.7 Å². The second-order valence-electron chi connectivity index (χ2n) is 33.5. The first kappa shape index (κ1) is 90.8. The molecule has 32 heteroatoms. The number of ether oxygens (including phenoxy) is 1. The number of sulfone groups is 1. The number of aryl methyl sites for hydroxylation is 1. The third-order valence-corrected chi connectivity index (χ3v) is 28.6. The maximum atomic E-state index is 14.4. The van der Waals surface area contributed by atoms with Crippen LogP contribution in [0.1, 0.15) is 123 Å². The molecule has 646 valence electrons. The van der Waals surface area contributed by atoms with Crippen LogP contribution in [0, 0.1) is 17.8 Å². The number of aliphatic hydroxyl groups is 1. The van der Waals surface area contributed by atoms with Gasteiger partial charge in [-0.2, -0.15) is 13.2 Å². The number of carbonyl (C=O) groups is 5. The van der Waals surface area contributed by atoms with Gasteiger partial charge in [0.1, 0.15) is 17.0 Å². The van der Waals surface area contributed by atoms with Crippen LogP contribution in [0.15, 0.2) is 171 Å². The molecule has 0 saturated carbocycles. The van der Waals surface area contributed by atoms with Gasteiger partial charge in [-0.15, -0.1) is 23.1 Å². The Kier molecular flexibility index (Phi) is 30.4. The molecule has 4 aliphatic heterocycles. The fourth-order valence-electron chi connectivity index (χ4n) is 16.4. The van der Waals surface area contributed by atoms with E-state index in [4.69, 9.17) is 16.3 Å². The zero-order valence-corrected chi connectivity index (χ0v) is 73.2. The van der Waals surface area contributed by atoms with Crippen molar-refractivity contribution in [3.05, 3.63) is 190 Å². The number of rotatable bonds is 33. The summed E-state index contributed by atoms with van der Waals surface area (Å²) < 4.78 is 105. The molecule has 6 N–H and O–H groups in total. The number of halogens is 4. The summed E-state index contributed by atoms with van der Waals surface area (Å²) >= 11 is 9.42. The van der Waals surface area contributed by atoms with Gasteiger partial charge in [0, 0.05) is 168 Å². The van der Waals surface area contributed by atoms with Gasteiger partial charge in [0.15, 0.2) is 0 Å². The number of sulfonamides is 1. The van der Waals surface area contributed by atoms with Crippen molar-refractivity contribution in [1.29, 1.82) is 0 Å². The number of morpholine rings is 1. The lowest BCUT2D eigenvalue weighted by atomic mass is 9.71. The number of likely N-dealkylation sites (tertiary alicyclic amines) is 1. The number of benzene rings is 6. The van der Waals surface area contributed by atoms with E-state index in [-0.39, 0.29) is 60.7 Å². The lowest BCUT2D eigenvalue weighted by Crippen LogP contribution is -2.57. The predicted octanol–water partition coefficient (Wildman–Crippen LogP) is 11.9. The van der Waals surface area contributed by atoms with E-state index in [1.165, 1.54) is 45.5 Å².